The van der Waals surface area contributed by atoms with Gasteiger partial charge in [-0.3, -0.25) is 0 Å². The highest BCUT2D eigenvalue weighted by Crippen LogP contribution is 2.38. The summed E-state index contributed by atoms with van der Waals surface area (Å²) in [6, 6.07) is 3.67. The number of rotatable bonds is 11. The molecule has 9 nitrogen and oxygen atoms in total. The van der Waals surface area contributed by atoms with Crippen LogP contribution in [0.4, 0.5) is 0 Å². The summed E-state index contributed by atoms with van der Waals surface area (Å²) in [5.41, 5.74) is 0.883. The van der Waals surface area contributed by atoms with Gasteiger partial charge in [0, 0.05) is 19.6 Å². The number of hydrogen-bond donors (Lipinski definition) is 3. The van der Waals surface area contributed by atoms with Crippen LogP contribution in [0.25, 0.3) is 0 Å². The SMILES string of the molecule is CCNC(=NCc1cc(OC)c(OC)c(OC)c1)NCCNS(=O)(=O)CC.I. The molecule has 0 aliphatic rings. The number of guanidine groups is 1. The Balaban J connectivity index is 0.00000729. The summed E-state index contributed by atoms with van der Waals surface area (Å²) >= 11 is 0. The Bertz CT molecular complexity index is 703. The van der Waals surface area contributed by atoms with Crippen LogP contribution in [0.1, 0.15) is 19.4 Å². The van der Waals surface area contributed by atoms with Crippen molar-refractivity contribution in [3.63, 3.8) is 0 Å². The fourth-order valence-electron chi connectivity index (χ4n) is 2.23. The Morgan fingerprint density at radius 3 is 2.07 bits per heavy atom. The Kier molecular flexibility index (Phi) is 12.9. The largest absolute Gasteiger partial charge is 0.493 e. The second kappa shape index (κ2) is 13.7. The third-order valence-electron chi connectivity index (χ3n) is 3.61. The molecular formula is C17H31IN4O5S. The van der Waals surface area contributed by atoms with Crippen molar-refractivity contribution in [1.29, 1.82) is 0 Å². The molecule has 0 amide bonds. The molecule has 0 aliphatic carbocycles. The smallest absolute Gasteiger partial charge is 0.211 e. The van der Waals surface area contributed by atoms with Gasteiger partial charge in [0.2, 0.25) is 15.8 Å². The molecule has 0 spiro atoms. The molecule has 0 radical (unpaired) electrons. The number of methoxy groups -OCH3 is 3. The van der Waals surface area contributed by atoms with E-state index in [1.165, 1.54) is 0 Å². The van der Waals surface area contributed by atoms with Gasteiger partial charge in [-0.2, -0.15) is 0 Å². The van der Waals surface area contributed by atoms with E-state index in [-0.39, 0.29) is 36.3 Å². The number of nitrogens with zero attached hydrogens (tertiary/aromatic N) is 1. The quantitative estimate of drug-likeness (QED) is 0.171. The molecule has 0 bridgehead atoms. The summed E-state index contributed by atoms with van der Waals surface area (Å²) in [5.74, 6) is 2.30. The van der Waals surface area contributed by atoms with Crippen molar-refractivity contribution in [2.45, 2.75) is 20.4 Å². The molecule has 1 rings (SSSR count). The minimum Gasteiger partial charge on any atom is -0.493 e. The first kappa shape index (κ1) is 26.5. The second-order valence-corrected chi connectivity index (χ2v) is 7.55. The minimum atomic E-state index is -3.20. The first-order valence-corrected chi connectivity index (χ1v) is 10.3. The Labute approximate surface area is 184 Å². The highest BCUT2D eigenvalue weighted by molar-refractivity contribution is 14.0. The Morgan fingerprint density at radius 2 is 1.61 bits per heavy atom. The summed E-state index contributed by atoms with van der Waals surface area (Å²) in [5, 5.41) is 6.21. The highest BCUT2D eigenvalue weighted by Gasteiger charge is 2.13. The molecule has 1 aromatic carbocycles. The molecule has 0 atom stereocenters. The van der Waals surface area contributed by atoms with Gasteiger partial charge in [0.05, 0.1) is 33.6 Å². The van der Waals surface area contributed by atoms with Crippen molar-refractivity contribution < 1.29 is 22.6 Å². The maximum absolute atomic E-state index is 11.4. The lowest BCUT2D eigenvalue weighted by molar-refractivity contribution is 0.324. The minimum absolute atomic E-state index is 0. The zero-order valence-electron chi connectivity index (χ0n) is 17.0. The van der Waals surface area contributed by atoms with Crippen LogP contribution in [0.2, 0.25) is 0 Å². The third kappa shape index (κ3) is 8.69. The van der Waals surface area contributed by atoms with Crippen molar-refractivity contribution in [2.24, 2.45) is 4.99 Å². The second-order valence-electron chi connectivity index (χ2n) is 5.45. The lowest BCUT2D eigenvalue weighted by atomic mass is 10.2. The first-order valence-electron chi connectivity index (χ1n) is 8.69. The van der Waals surface area contributed by atoms with Gasteiger partial charge in [0.1, 0.15) is 0 Å². The van der Waals surface area contributed by atoms with E-state index >= 15 is 0 Å². The molecule has 0 aliphatic heterocycles. The number of halogens is 1. The van der Waals surface area contributed by atoms with E-state index in [1.54, 1.807) is 28.3 Å². The summed E-state index contributed by atoms with van der Waals surface area (Å²) in [6.45, 7) is 5.31. The summed E-state index contributed by atoms with van der Waals surface area (Å²) in [6.07, 6.45) is 0. The predicted molar refractivity (Wildman–Crippen MR) is 122 cm³/mol. The van der Waals surface area contributed by atoms with Crippen LogP contribution in [0, 0.1) is 0 Å². The van der Waals surface area contributed by atoms with Gasteiger partial charge in [0.15, 0.2) is 17.5 Å². The van der Waals surface area contributed by atoms with E-state index in [4.69, 9.17) is 14.2 Å². The van der Waals surface area contributed by atoms with Crippen LogP contribution >= 0.6 is 24.0 Å². The lowest BCUT2D eigenvalue weighted by Crippen LogP contribution is -2.41. The molecule has 162 valence electrons. The molecule has 28 heavy (non-hydrogen) atoms. The molecule has 0 saturated heterocycles. The fourth-order valence-corrected chi connectivity index (χ4v) is 2.85. The maximum Gasteiger partial charge on any atom is 0.211 e. The van der Waals surface area contributed by atoms with E-state index in [9.17, 15) is 8.42 Å². The van der Waals surface area contributed by atoms with Crippen LogP contribution in [-0.4, -0.2) is 61.1 Å². The van der Waals surface area contributed by atoms with Crippen LogP contribution in [0.15, 0.2) is 17.1 Å². The average Bonchev–Trinajstić information content (AvgIpc) is 2.68. The molecule has 1 aromatic rings. The number of sulfonamides is 1. The van der Waals surface area contributed by atoms with Crippen LogP contribution in [0.3, 0.4) is 0 Å². The number of benzene rings is 1. The van der Waals surface area contributed by atoms with E-state index in [2.05, 4.69) is 20.3 Å². The zero-order chi connectivity index (χ0) is 20.3. The molecule has 0 aromatic heterocycles. The Hall–Kier alpha value is -1.47. The van der Waals surface area contributed by atoms with Gasteiger partial charge in [-0.15, -0.1) is 24.0 Å². The van der Waals surface area contributed by atoms with Gasteiger partial charge in [-0.1, -0.05) is 0 Å². The van der Waals surface area contributed by atoms with Crippen molar-refractivity contribution in [1.82, 2.24) is 15.4 Å². The fraction of sp³-hybridized carbons (Fsp3) is 0.588. The molecule has 11 heteroatoms. The van der Waals surface area contributed by atoms with E-state index in [0.717, 1.165) is 5.56 Å². The number of ether oxygens (including phenoxy) is 3. The topological polar surface area (TPSA) is 110 Å². The van der Waals surface area contributed by atoms with Crippen molar-refractivity contribution in [3.05, 3.63) is 17.7 Å². The number of aliphatic imine (C=N–C) groups is 1. The van der Waals surface area contributed by atoms with Crippen LogP contribution < -0.4 is 29.6 Å². The highest BCUT2D eigenvalue weighted by atomic mass is 127. The molecule has 0 saturated carbocycles. The lowest BCUT2D eigenvalue weighted by Gasteiger charge is -2.14. The van der Waals surface area contributed by atoms with Crippen LogP contribution in [0.5, 0.6) is 17.2 Å². The van der Waals surface area contributed by atoms with Gasteiger partial charge in [-0.25, -0.2) is 18.1 Å². The summed E-state index contributed by atoms with van der Waals surface area (Å²) in [4.78, 5) is 4.51. The van der Waals surface area contributed by atoms with E-state index in [0.29, 0.717) is 42.8 Å². The van der Waals surface area contributed by atoms with Crippen molar-refractivity contribution >= 4 is 40.0 Å². The molecule has 0 fully saturated rings. The van der Waals surface area contributed by atoms with Gasteiger partial charge in [0.25, 0.3) is 0 Å². The van der Waals surface area contributed by atoms with Crippen LogP contribution in [-0.2, 0) is 16.6 Å². The normalized spacial score (nSPS) is 11.4. The summed E-state index contributed by atoms with van der Waals surface area (Å²) < 4.78 is 41.4. The number of hydrogen-bond acceptors (Lipinski definition) is 6. The standard InChI is InChI=1S/C17H30N4O5S.HI/c1-6-18-17(19-8-9-21-27(22,23)7-2)20-12-13-10-14(24-3)16(26-5)15(11-13)25-4;/h10-11,21H,6-9,12H2,1-5H3,(H2,18,19,20);1H. The molecule has 0 unspecified atom stereocenters. The van der Waals surface area contributed by atoms with Crippen molar-refractivity contribution in [2.75, 3.05) is 46.7 Å². The number of nitrogens with one attached hydrogen (secondary N) is 3. The Morgan fingerprint density at radius 1 is 1.00 bits per heavy atom. The van der Waals surface area contributed by atoms with E-state index < -0.39 is 10.0 Å². The van der Waals surface area contributed by atoms with Gasteiger partial charge < -0.3 is 24.8 Å². The van der Waals surface area contributed by atoms with Crippen molar-refractivity contribution in [3.8, 4) is 17.2 Å². The van der Waals surface area contributed by atoms with E-state index in [1.807, 2.05) is 19.1 Å². The first-order chi connectivity index (χ1) is 12.9. The monoisotopic (exact) mass is 530 g/mol. The molecule has 0 heterocycles. The predicted octanol–water partition coefficient (Wildman–Crippen LogP) is 1.32. The van der Waals surface area contributed by atoms with Gasteiger partial charge in [-0.05, 0) is 31.5 Å². The molecular weight excluding hydrogens is 499 g/mol. The maximum atomic E-state index is 11.4. The van der Waals surface area contributed by atoms with Gasteiger partial charge >= 0.3 is 0 Å². The average molecular weight is 530 g/mol. The zero-order valence-corrected chi connectivity index (χ0v) is 20.1. The molecule has 3 N–H and O–H groups in total. The summed E-state index contributed by atoms with van der Waals surface area (Å²) in [7, 11) is 1.48. The third-order valence-corrected chi connectivity index (χ3v) is 5.01.